The fourth-order valence-corrected chi connectivity index (χ4v) is 5.36. The number of anilines is 1. The molecule has 1 aromatic carbocycles. The number of aromatic amines is 1. The summed E-state index contributed by atoms with van der Waals surface area (Å²) in [5.74, 6) is -0.785. The van der Waals surface area contributed by atoms with Crippen molar-refractivity contribution >= 4 is 34.6 Å². The zero-order valence-electron chi connectivity index (χ0n) is 19.1. The summed E-state index contributed by atoms with van der Waals surface area (Å²) in [6, 6.07) is 8.61. The molecule has 1 spiro atoms. The van der Waals surface area contributed by atoms with E-state index in [-0.39, 0.29) is 23.0 Å². The number of amides is 2. The van der Waals surface area contributed by atoms with E-state index in [4.69, 9.17) is 0 Å². The molecule has 2 aromatic heterocycles. The van der Waals surface area contributed by atoms with Crippen LogP contribution in [0.2, 0.25) is 0 Å². The molecule has 4 heterocycles. The van der Waals surface area contributed by atoms with Crippen molar-refractivity contribution in [2.75, 3.05) is 25.0 Å². The number of carboxylic acids is 1. The van der Waals surface area contributed by atoms with Crippen molar-refractivity contribution in [3.63, 3.8) is 0 Å². The van der Waals surface area contributed by atoms with Crippen molar-refractivity contribution in [3.05, 3.63) is 47.8 Å². The second-order valence-electron chi connectivity index (χ2n) is 9.25. The number of hydrogen-bond donors (Lipinski definition) is 3. The van der Waals surface area contributed by atoms with Crippen LogP contribution in [-0.2, 0) is 11.3 Å². The van der Waals surface area contributed by atoms with E-state index in [0.717, 1.165) is 55.4 Å². The number of carboxylic acid groups (broad SMARTS) is 1. The van der Waals surface area contributed by atoms with Gasteiger partial charge in [-0.2, -0.15) is 4.68 Å². The van der Waals surface area contributed by atoms with Crippen molar-refractivity contribution in [1.29, 1.82) is 0 Å². The van der Waals surface area contributed by atoms with Crippen LogP contribution in [0.5, 0.6) is 0 Å². The minimum absolute atomic E-state index is 0.0613. The van der Waals surface area contributed by atoms with E-state index in [9.17, 15) is 19.5 Å². The van der Waals surface area contributed by atoms with Gasteiger partial charge in [0.1, 0.15) is 0 Å². The molecular weight excluding hydrogens is 436 g/mol. The lowest BCUT2D eigenvalue weighted by Crippen LogP contribution is -2.53. The molecule has 10 heteroatoms. The van der Waals surface area contributed by atoms with Crippen LogP contribution in [0.1, 0.15) is 48.7 Å². The molecule has 0 radical (unpaired) electrons. The minimum Gasteiger partial charge on any atom is -0.478 e. The first-order valence-electron chi connectivity index (χ1n) is 11.6. The first-order chi connectivity index (χ1) is 16.3. The third-order valence-corrected chi connectivity index (χ3v) is 7.08. The lowest BCUT2D eigenvalue weighted by atomic mass is 9.85. The summed E-state index contributed by atoms with van der Waals surface area (Å²) in [5.41, 5.74) is 2.35. The predicted octanol–water partition coefficient (Wildman–Crippen LogP) is 3.12. The molecule has 2 fully saturated rings. The van der Waals surface area contributed by atoms with Gasteiger partial charge in [-0.25, -0.2) is 9.59 Å². The molecule has 2 aliphatic rings. The molecule has 0 saturated carbocycles. The largest absolute Gasteiger partial charge is 0.478 e. The maximum Gasteiger partial charge on any atom is 0.344 e. The Morgan fingerprint density at radius 2 is 1.91 bits per heavy atom. The number of rotatable bonds is 4. The molecule has 10 nitrogen and oxygen atoms in total. The predicted molar refractivity (Wildman–Crippen MR) is 126 cm³/mol. The third-order valence-electron chi connectivity index (χ3n) is 7.08. The van der Waals surface area contributed by atoms with Gasteiger partial charge in [0, 0.05) is 61.0 Å². The minimum atomic E-state index is -0.925. The summed E-state index contributed by atoms with van der Waals surface area (Å²) in [6.45, 7) is 4.48. The Bertz CT molecular complexity index is 1250. The lowest BCUT2D eigenvalue weighted by molar-refractivity contribution is -0.114. The second kappa shape index (κ2) is 8.60. The molecule has 3 aromatic rings. The molecule has 0 bridgehead atoms. The van der Waals surface area contributed by atoms with Gasteiger partial charge < -0.3 is 20.3 Å². The van der Waals surface area contributed by atoms with Crippen molar-refractivity contribution in [1.82, 2.24) is 24.6 Å². The summed E-state index contributed by atoms with van der Waals surface area (Å²) in [5, 5.41) is 16.9. The first-order valence-corrected chi connectivity index (χ1v) is 11.6. The number of aromatic carboxylic acids is 1. The van der Waals surface area contributed by atoms with Crippen LogP contribution in [0.25, 0.3) is 10.9 Å². The smallest absolute Gasteiger partial charge is 0.344 e. The Morgan fingerprint density at radius 3 is 2.65 bits per heavy atom. The van der Waals surface area contributed by atoms with Crippen LogP contribution in [0.3, 0.4) is 0 Å². The van der Waals surface area contributed by atoms with Gasteiger partial charge in [-0.15, -0.1) is 5.10 Å². The fourth-order valence-electron chi connectivity index (χ4n) is 5.36. The SMILES string of the molecule is CC(=O)Nc1ccn(C(=O)N2CCC3(CCCN3Cc3cc4cc(C(=O)O)ccc4[nH]3)CC2)n1. The van der Waals surface area contributed by atoms with Gasteiger partial charge in [-0.1, -0.05) is 0 Å². The quantitative estimate of drug-likeness (QED) is 0.545. The Labute approximate surface area is 196 Å². The molecule has 0 aliphatic carbocycles. The number of H-pyrrole nitrogens is 1. The third kappa shape index (κ3) is 4.16. The van der Waals surface area contributed by atoms with E-state index in [0.29, 0.717) is 18.9 Å². The highest BCUT2D eigenvalue weighted by molar-refractivity contribution is 5.93. The Balaban J connectivity index is 1.25. The fraction of sp³-hybridized carbons (Fsp3) is 0.417. The number of likely N-dealkylation sites (tertiary alicyclic amines) is 2. The van der Waals surface area contributed by atoms with Gasteiger partial charge in [0.2, 0.25) is 5.91 Å². The number of carbonyl (C=O) groups is 3. The molecular formula is C24H28N6O4. The Kier molecular flexibility index (Phi) is 5.60. The molecule has 3 N–H and O–H groups in total. The molecule has 0 unspecified atom stereocenters. The number of nitrogens with one attached hydrogen (secondary N) is 2. The van der Waals surface area contributed by atoms with E-state index >= 15 is 0 Å². The average Bonchev–Trinajstić information content (AvgIpc) is 3.52. The Morgan fingerprint density at radius 1 is 1.12 bits per heavy atom. The van der Waals surface area contributed by atoms with Crippen LogP contribution in [0, 0.1) is 0 Å². The molecule has 5 rings (SSSR count). The summed E-state index contributed by atoms with van der Waals surface area (Å²) in [6.07, 6.45) is 5.58. The Hall–Kier alpha value is -3.66. The summed E-state index contributed by atoms with van der Waals surface area (Å²) < 4.78 is 1.28. The molecule has 2 saturated heterocycles. The van der Waals surface area contributed by atoms with Gasteiger partial charge in [0.15, 0.2) is 5.82 Å². The van der Waals surface area contributed by atoms with Crippen molar-refractivity contribution < 1.29 is 19.5 Å². The lowest BCUT2D eigenvalue weighted by Gasteiger charge is -2.44. The monoisotopic (exact) mass is 464 g/mol. The van der Waals surface area contributed by atoms with Gasteiger partial charge in [0.25, 0.3) is 0 Å². The maximum atomic E-state index is 12.9. The zero-order valence-corrected chi connectivity index (χ0v) is 19.1. The number of aromatic nitrogens is 3. The second-order valence-corrected chi connectivity index (χ2v) is 9.25. The number of carbonyl (C=O) groups excluding carboxylic acids is 2. The molecule has 178 valence electrons. The zero-order chi connectivity index (χ0) is 23.9. The normalized spacial score (nSPS) is 18.0. The van der Waals surface area contributed by atoms with Gasteiger partial charge >= 0.3 is 12.0 Å². The topological polar surface area (TPSA) is 124 Å². The van der Waals surface area contributed by atoms with Crippen LogP contribution >= 0.6 is 0 Å². The van der Waals surface area contributed by atoms with Crippen LogP contribution in [0.4, 0.5) is 10.6 Å². The first kappa shape index (κ1) is 22.1. The number of benzene rings is 1. The van der Waals surface area contributed by atoms with Crippen molar-refractivity contribution in [3.8, 4) is 0 Å². The van der Waals surface area contributed by atoms with E-state index in [1.807, 2.05) is 17.0 Å². The van der Waals surface area contributed by atoms with Crippen molar-refractivity contribution in [2.45, 2.75) is 44.7 Å². The number of hydrogen-bond acceptors (Lipinski definition) is 5. The van der Waals surface area contributed by atoms with E-state index < -0.39 is 5.97 Å². The van der Waals surface area contributed by atoms with Crippen LogP contribution in [0.15, 0.2) is 36.5 Å². The summed E-state index contributed by atoms with van der Waals surface area (Å²) in [4.78, 5) is 43.2. The average molecular weight is 465 g/mol. The molecule has 2 amide bonds. The number of piperidine rings is 1. The summed E-state index contributed by atoms with van der Waals surface area (Å²) >= 11 is 0. The van der Waals surface area contributed by atoms with Crippen molar-refractivity contribution in [2.24, 2.45) is 0 Å². The highest BCUT2D eigenvalue weighted by Crippen LogP contribution is 2.39. The van der Waals surface area contributed by atoms with E-state index in [1.54, 1.807) is 24.4 Å². The summed E-state index contributed by atoms with van der Waals surface area (Å²) in [7, 11) is 0. The standard InChI is InChI=1S/C24H28N6O4/c1-16(31)25-21-5-10-30(27-21)23(34)28-11-7-24(8-12-28)6-2-9-29(24)15-19-14-18-13-17(22(32)33)3-4-20(18)26-19/h3-5,10,13-14,26H,2,6-9,11-12,15H2,1H3,(H,32,33)(H,25,27,31). The van der Waals surface area contributed by atoms with Crippen LogP contribution < -0.4 is 5.32 Å². The van der Waals surface area contributed by atoms with Gasteiger partial charge in [0.05, 0.1) is 5.56 Å². The van der Waals surface area contributed by atoms with Gasteiger partial charge in [-0.3, -0.25) is 9.69 Å². The number of fused-ring (bicyclic) bond motifs is 1. The van der Waals surface area contributed by atoms with E-state index in [1.165, 1.54) is 11.6 Å². The highest BCUT2D eigenvalue weighted by Gasteiger charge is 2.44. The van der Waals surface area contributed by atoms with E-state index in [2.05, 4.69) is 20.3 Å². The number of nitrogens with zero attached hydrogens (tertiary/aromatic N) is 4. The molecule has 2 aliphatic heterocycles. The van der Waals surface area contributed by atoms with Gasteiger partial charge in [-0.05, 0) is 56.5 Å². The molecule has 0 atom stereocenters. The highest BCUT2D eigenvalue weighted by atomic mass is 16.4. The maximum absolute atomic E-state index is 12.9. The molecule has 34 heavy (non-hydrogen) atoms. The van der Waals surface area contributed by atoms with Crippen LogP contribution in [-0.4, -0.2) is 72.8 Å².